The molecule has 1 aromatic carbocycles. The molecule has 1 saturated heterocycles. The highest BCUT2D eigenvalue weighted by Crippen LogP contribution is 2.42. The summed E-state index contributed by atoms with van der Waals surface area (Å²) in [5.41, 5.74) is 4.99. The maximum Gasteiger partial charge on any atom is 0.156 e. The van der Waals surface area contributed by atoms with E-state index in [2.05, 4.69) is 20.5 Å². The van der Waals surface area contributed by atoms with E-state index in [0.29, 0.717) is 11.6 Å². The summed E-state index contributed by atoms with van der Waals surface area (Å²) in [4.78, 5) is 4.50. The topological polar surface area (TPSA) is 60.0 Å². The van der Waals surface area contributed by atoms with Crippen LogP contribution < -0.4 is 5.32 Å². The van der Waals surface area contributed by atoms with Gasteiger partial charge in [0.25, 0.3) is 0 Å². The summed E-state index contributed by atoms with van der Waals surface area (Å²) in [6.07, 6.45) is 9.79. The number of aromatic nitrogens is 5. The monoisotopic (exact) mass is 404 g/mol. The molecule has 1 N–H and O–H groups in total. The third kappa shape index (κ3) is 2.75. The Morgan fingerprint density at radius 2 is 2.00 bits per heavy atom. The molecule has 1 aliphatic carbocycles. The van der Waals surface area contributed by atoms with E-state index in [4.69, 9.17) is 0 Å². The quantitative estimate of drug-likeness (QED) is 0.540. The summed E-state index contributed by atoms with van der Waals surface area (Å²) in [6.45, 7) is 4.96. The molecule has 3 aromatic heterocycles. The lowest BCUT2D eigenvalue weighted by Crippen LogP contribution is -2.55. The van der Waals surface area contributed by atoms with Gasteiger partial charge in [-0.05, 0) is 76.3 Å². The van der Waals surface area contributed by atoms with Gasteiger partial charge in [0.2, 0.25) is 0 Å². The van der Waals surface area contributed by atoms with Crippen molar-refractivity contribution < 1.29 is 4.39 Å². The number of fused-ring (bicyclic) bond motifs is 2. The van der Waals surface area contributed by atoms with Gasteiger partial charge in [-0.15, -0.1) is 0 Å². The van der Waals surface area contributed by atoms with Crippen molar-refractivity contribution in [2.24, 2.45) is 0 Å². The van der Waals surface area contributed by atoms with Gasteiger partial charge in [-0.3, -0.25) is 4.68 Å². The Hall–Kier alpha value is -2.80. The maximum atomic E-state index is 15.0. The fraction of sp³-hybridized carbons (Fsp3) is 0.435. The number of halogens is 1. The number of hydrogen-bond acceptors (Lipinski definition) is 4. The van der Waals surface area contributed by atoms with Crippen LogP contribution in [0.3, 0.4) is 0 Å². The Morgan fingerprint density at radius 1 is 1.13 bits per heavy atom. The molecule has 6 nitrogen and oxygen atoms in total. The fourth-order valence-electron chi connectivity index (χ4n) is 5.17. The first kappa shape index (κ1) is 18.0. The second-order valence-corrected chi connectivity index (χ2v) is 9.08. The van der Waals surface area contributed by atoms with Crippen molar-refractivity contribution in [3.63, 3.8) is 0 Å². The van der Waals surface area contributed by atoms with Gasteiger partial charge in [0.05, 0.1) is 23.6 Å². The molecule has 0 amide bonds. The number of imidazole rings is 1. The number of nitrogens with one attached hydrogen (secondary N) is 1. The van der Waals surface area contributed by atoms with Crippen LogP contribution in [0, 0.1) is 19.7 Å². The average Bonchev–Trinajstić information content (AvgIpc) is 3.30. The fourth-order valence-corrected chi connectivity index (χ4v) is 5.17. The highest BCUT2D eigenvalue weighted by Gasteiger charge is 2.41. The highest BCUT2D eigenvalue weighted by atomic mass is 19.1. The Labute approximate surface area is 174 Å². The second kappa shape index (κ2) is 6.35. The van der Waals surface area contributed by atoms with Crippen molar-refractivity contribution in [2.75, 3.05) is 6.54 Å². The van der Waals surface area contributed by atoms with Crippen molar-refractivity contribution >= 4 is 16.6 Å². The second-order valence-electron chi connectivity index (χ2n) is 9.08. The molecule has 2 fully saturated rings. The van der Waals surface area contributed by atoms with Crippen LogP contribution in [0.15, 0.2) is 30.6 Å². The first-order chi connectivity index (χ1) is 14.5. The SMILES string of the molecule is Cc1cn2nc(-c3cc(F)c4nn(C5CCNC6(CCC6)C5)cc4c3)cc(C)c2n1. The average molecular weight is 404 g/mol. The molecule has 4 heterocycles. The molecule has 1 spiro atoms. The van der Waals surface area contributed by atoms with Crippen LogP contribution in [0.25, 0.3) is 27.8 Å². The van der Waals surface area contributed by atoms with E-state index < -0.39 is 0 Å². The number of hydrogen-bond donors (Lipinski definition) is 1. The summed E-state index contributed by atoms with van der Waals surface area (Å²) in [7, 11) is 0. The molecule has 6 rings (SSSR count). The Balaban J connectivity index is 1.40. The maximum absolute atomic E-state index is 15.0. The van der Waals surface area contributed by atoms with Crippen LogP contribution in [0.5, 0.6) is 0 Å². The number of nitrogens with zero attached hydrogens (tertiary/aromatic N) is 5. The largest absolute Gasteiger partial charge is 0.311 e. The van der Waals surface area contributed by atoms with E-state index >= 15 is 4.39 Å². The molecular formula is C23H25FN6. The van der Waals surface area contributed by atoms with Crippen molar-refractivity contribution in [3.8, 4) is 11.3 Å². The molecule has 2 aliphatic rings. The Kier molecular flexibility index (Phi) is 3.81. The third-order valence-corrected chi connectivity index (χ3v) is 6.89. The molecule has 1 saturated carbocycles. The minimum Gasteiger partial charge on any atom is -0.311 e. The smallest absolute Gasteiger partial charge is 0.156 e. The minimum atomic E-state index is -0.296. The lowest BCUT2D eigenvalue weighted by atomic mass is 9.70. The van der Waals surface area contributed by atoms with Gasteiger partial charge in [0.15, 0.2) is 11.5 Å². The summed E-state index contributed by atoms with van der Waals surface area (Å²) >= 11 is 0. The van der Waals surface area contributed by atoms with Crippen LogP contribution in [0.4, 0.5) is 4.39 Å². The molecule has 4 aromatic rings. The summed E-state index contributed by atoms with van der Waals surface area (Å²) < 4.78 is 18.8. The molecule has 1 aliphatic heterocycles. The molecule has 0 bridgehead atoms. The molecule has 7 heteroatoms. The van der Waals surface area contributed by atoms with Crippen LogP contribution in [-0.4, -0.2) is 36.5 Å². The van der Waals surface area contributed by atoms with Crippen LogP contribution >= 0.6 is 0 Å². The zero-order valence-corrected chi connectivity index (χ0v) is 17.3. The number of rotatable bonds is 2. The van der Waals surface area contributed by atoms with E-state index in [9.17, 15) is 0 Å². The van der Waals surface area contributed by atoms with Gasteiger partial charge in [-0.25, -0.2) is 13.9 Å². The Morgan fingerprint density at radius 3 is 2.80 bits per heavy atom. The number of piperidine rings is 1. The van der Waals surface area contributed by atoms with Gasteiger partial charge in [0, 0.05) is 22.7 Å². The van der Waals surface area contributed by atoms with Crippen LogP contribution in [-0.2, 0) is 0 Å². The van der Waals surface area contributed by atoms with Crippen molar-refractivity contribution in [1.29, 1.82) is 0 Å². The van der Waals surface area contributed by atoms with Gasteiger partial charge < -0.3 is 5.32 Å². The van der Waals surface area contributed by atoms with E-state index in [1.807, 2.05) is 43.1 Å². The normalized spacial score (nSPS) is 20.8. The first-order valence-corrected chi connectivity index (χ1v) is 10.8. The predicted octanol–water partition coefficient (Wildman–Crippen LogP) is 4.35. The van der Waals surface area contributed by atoms with E-state index in [1.165, 1.54) is 19.3 Å². The van der Waals surface area contributed by atoms with Gasteiger partial charge >= 0.3 is 0 Å². The van der Waals surface area contributed by atoms with Gasteiger partial charge in [-0.1, -0.05) is 0 Å². The molecular weight excluding hydrogens is 379 g/mol. The highest BCUT2D eigenvalue weighted by molar-refractivity contribution is 5.84. The lowest BCUT2D eigenvalue weighted by Gasteiger charge is -2.48. The molecule has 1 unspecified atom stereocenters. The predicted molar refractivity (Wildman–Crippen MR) is 114 cm³/mol. The van der Waals surface area contributed by atoms with Crippen LogP contribution in [0.2, 0.25) is 0 Å². The number of benzene rings is 1. The van der Waals surface area contributed by atoms with Gasteiger partial charge in [0.1, 0.15) is 5.52 Å². The third-order valence-electron chi connectivity index (χ3n) is 6.89. The van der Waals surface area contributed by atoms with Crippen molar-refractivity contribution in [1.82, 2.24) is 29.7 Å². The molecule has 30 heavy (non-hydrogen) atoms. The van der Waals surface area contributed by atoms with Crippen LogP contribution in [0.1, 0.15) is 49.4 Å². The van der Waals surface area contributed by atoms with Crippen molar-refractivity contribution in [3.05, 3.63) is 47.7 Å². The number of aryl methyl sites for hydroxylation is 2. The molecule has 154 valence electrons. The summed E-state index contributed by atoms with van der Waals surface area (Å²) in [5, 5.41) is 13.8. The first-order valence-electron chi connectivity index (χ1n) is 10.8. The van der Waals surface area contributed by atoms with Crippen molar-refractivity contribution in [2.45, 2.75) is 57.5 Å². The lowest BCUT2D eigenvalue weighted by molar-refractivity contribution is 0.105. The zero-order valence-electron chi connectivity index (χ0n) is 17.3. The van der Waals surface area contributed by atoms with Gasteiger partial charge in [-0.2, -0.15) is 10.2 Å². The van der Waals surface area contributed by atoms with E-state index in [1.54, 1.807) is 10.6 Å². The molecule has 0 radical (unpaired) electrons. The summed E-state index contributed by atoms with van der Waals surface area (Å²) in [6, 6.07) is 5.85. The van der Waals surface area contributed by atoms with E-state index in [0.717, 1.165) is 52.9 Å². The zero-order chi connectivity index (χ0) is 20.5. The van der Waals surface area contributed by atoms with E-state index in [-0.39, 0.29) is 11.4 Å². The minimum absolute atomic E-state index is 0.282. The summed E-state index contributed by atoms with van der Waals surface area (Å²) in [5.74, 6) is -0.296. The standard InChI is InChI=1S/C23H25FN6/c1-14-8-20(27-30-12-15(2)26-22(14)30)16-9-17-13-29(28-21(17)19(24)10-16)18-4-7-25-23(11-18)5-3-6-23/h8-10,12-13,18,25H,3-7,11H2,1-2H3. The molecule has 1 atom stereocenters. The Bertz CT molecular complexity index is 1280.